The molecule has 0 radical (unpaired) electrons. The highest BCUT2D eigenvalue weighted by molar-refractivity contribution is 5.14. The van der Waals surface area contributed by atoms with Gasteiger partial charge in [-0.3, -0.25) is 0 Å². The van der Waals surface area contributed by atoms with Crippen LogP contribution in [0, 0.1) is 0 Å². The maximum atomic E-state index is 8.32. The highest BCUT2D eigenvalue weighted by atomic mass is 16.6. The lowest BCUT2D eigenvalue weighted by Gasteiger charge is -2.18. The lowest BCUT2D eigenvalue weighted by atomic mass is 10.2. The molecule has 2 aromatic carbocycles. The predicted molar refractivity (Wildman–Crippen MR) is 95.9 cm³/mol. The van der Waals surface area contributed by atoms with Crippen molar-refractivity contribution < 1.29 is 14.2 Å². The van der Waals surface area contributed by atoms with Gasteiger partial charge in [0.15, 0.2) is 0 Å². The van der Waals surface area contributed by atoms with Crippen LogP contribution in [0.25, 0.3) is 10.4 Å². The average molecular weight is 341 g/mol. The molecular formula is C19H23N3O3. The van der Waals surface area contributed by atoms with E-state index in [1.807, 2.05) is 60.7 Å². The Morgan fingerprint density at radius 2 is 1.36 bits per heavy atom. The zero-order chi connectivity index (χ0) is 17.6. The molecule has 0 N–H and O–H groups in total. The summed E-state index contributed by atoms with van der Waals surface area (Å²) in [6.45, 7) is 2.52. The molecule has 6 heteroatoms. The molecule has 0 aliphatic rings. The minimum absolute atomic E-state index is 0.207. The molecule has 0 fully saturated rings. The normalized spacial score (nSPS) is 10.6. The zero-order valence-electron chi connectivity index (χ0n) is 14.2. The molecule has 0 aliphatic heterocycles. The van der Waals surface area contributed by atoms with Gasteiger partial charge in [0, 0.05) is 11.5 Å². The molecule has 0 saturated heterocycles. The fourth-order valence-corrected chi connectivity index (χ4v) is 2.21. The van der Waals surface area contributed by atoms with E-state index < -0.39 is 0 Å². The summed E-state index contributed by atoms with van der Waals surface area (Å²) in [6.07, 6.45) is -0.207. The van der Waals surface area contributed by atoms with Gasteiger partial charge in [-0.15, -0.1) is 0 Å². The summed E-state index contributed by atoms with van der Waals surface area (Å²) < 4.78 is 17.2. The topological polar surface area (TPSA) is 76.5 Å². The van der Waals surface area contributed by atoms with Crippen LogP contribution in [0.5, 0.6) is 0 Å². The molecule has 0 heterocycles. The summed E-state index contributed by atoms with van der Waals surface area (Å²) in [5, 5.41) is 3.47. The van der Waals surface area contributed by atoms with Crippen LogP contribution in [0.2, 0.25) is 0 Å². The van der Waals surface area contributed by atoms with Crippen LogP contribution in [-0.2, 0) is 27.4 Å². The molecule has 0 unspecified atom stereocenters. The smallest absolute Gasteiger partial charge is 0.104 e. The van der Waals surface area contributed by atoms with E-state index in [4.69, 9.17) is 19.7 Å². The van der Waals surface area contributed by atoms with Gasteiger partial charge in [-0.1, -0.05) is 65.8 Å². The van der Waals surface area contributed by atoms with Gasteiger partial charge < -0.3 is 14.2 Å². The Morgan fingerprint density at radius 1 is 0.840 bits per heavy atom. The first-order chi connectivity index (χ1) is 12.4. The summed E-state index contributed by atoms with van der Waals surface area (Å²) >= 11 is 0. The third-order valence-corrected chi connectivity index (χ3v) is 3.44. The fourth-order valence-electron chi connectivity index (χ4n) is 2.21. The zero-order valence-corrected chi connectivity index (χ0v) is 14.2. The van der Waals surface area contributed by atoms with Crippen molar-refractivity contribution in [1.29, 1.82) is 0 Å². The minimum atomic E-state index is -0.207. The van der Waals surface area contributed by atoms with Gasteiger partial charge in [0.1, 0.15) is 6.10 Å². The van der Waals surface area contributed by atoms with Crippen molar-refractivity contribution in [2.75, 3.05) is 26.4 Å². The lowest BCUT2D eigenvalue weighted by molar-refractivity contribution is -0.0643. The Hall–Kier alpha value is -2.37. The first-order valence-electron chi connectivity index (χ1n) is 8.24. The van der Waals surface area contributed by atoms with Gasteiger partial charge >= 0.3 is 0 Å². The van der Waals surface area contributed by atoms with E-state index in [2.05, 4.69) is 10.0 Å². The molecule has 2 rings (SSSR count). The van der Waals surface area contributed by atoms with E-state index in [9.17, 15) is 0 Å². The molecular weight excluding hydrogens is 318 g/mol. The van der Waals surface area contributed by atoms with Gasteiger partial charge in [0.25, 0.3) is 0 Å². The molecule has 0 aromatic heterocycles. The molecule has 6 nitrogen and oxygen atoms in total. The van der Waals surface area contributed by atoms with Crippen molar-refractivity contribution in [2.45, 2.75) is 19.3 Å². The Bertz CT molecular complexity index is 585. The molecule has 0 saturated carbocycles. The van der Waals surface area contributed by atoms with Crippen LogP contribution in [0.3, 0.4) is 0 Å². The Balaban J connectivity index is 1.74. The third kappa shape index (κ3) is 8.33. The molecule has 0 aliphatic carbocycles. The van der Waals surface area contributed by atoms with Crippen LogP contribution >= 0.6 is 0 Å². The summed E-state index contributed by atoms with van der Waals surface area (Å²) in [5.74, 6) is 0. The van der Waals surface area contributed by atoms with E-state index in [1.165, 1.54) is 0 Å². The van der Waals surface area contributed by atoms with Crippen molar-refractivity contribution in [3.8, 4) is 0 Å². The second-order valence-electron chi connectivity index (χ2n) is 5.45. The van der Waals surface area contributed by atoms with Crippen LogP contribution in [0.15, 0.2) is 65.8 Å². The van der Waals surface area contributed by atoms with Gasteiger partial charge in [-0.25, -0.2) is 0 Å². The number of hydrogen-bond donors (Lipinski definition) is 0. The third-order valence-electron chi connectivity index (χ3n) is 3.44. The maximum Gasteiger partial charge on any atom is 0.104 e. The number of hydrogen-bond acceptors (Lipinski definition) is 4. The van der Waals surface area contributed by atoms with E-state index >= 15 is 0 Å². The molecule has 132 valence electrons. The molecule has 25 heavy (non-hydrogen) atoms. The fraction of sp³-hybridized carbons (Fsp3) is 0.368. The molecule has 0 bridgehead atoms. The van der Waals surface area contributed by atoms with Crippen molar-refractivity contribution in [1.82, 2.24) is 0 Å². The van der Waals surface area contributed by atoms with Gasteiger partial charge in [-0.05, 0) is 16.7 Å². The van der Waals surface area contributed by atoms with Crippen molar-refractivity contribution >= 4 is 0 Å². The maximum absolute atomic E-state index is 8.32. The number of benzene rings is 2. The monoisotopic (exact) mass is 341 g/mol. The SMILES string of the molecule is [N-]=[N+]=NCCOC(COCc1ccccc1)COCc1ccccc1. The Labute approximate surface area is 148 Å². The average Bonchev–Trinajstić information content (AvgIpc) is 2.66. The van der Waals surface area contributed by atoms with E-state index in [-0.39, 0.29) is 6.10 Å². The molecule has 0 spiro atoms. The molecule has 0 atom stereocenters. The highest BCUT2D eigenvalue weighted by Crippen LogP contribution is 2.05. The lowest BCUT2D eigenvalue weighted by Crippen LogP contribution is -2.26. The van der Waals surface area contributed by atoms with Gasteiger partial charge in [-0.2, -0.15) is 0 Å². The minimum Gasteiger partial charge on any atom is -0.374 e. The van der Waals surface area contributed by atoms with Crippen LogP contribution in [0.1, 0.15) is 11.1 Å². The second-order valence-corrected chi connectivity index (χ2v) is 5.45. The summed E-state index contributed by atoms with van der Waals surface area (Å²) in [4.78, 5) is 2.72. The van der Waals surface area contributed by atoms with Crippen LogP contribution < -0.4 is 0 Å². The van der Waals surface area contributed by atoms with E-state index in [1.54, 1.807) is 0 Å². The second kappa shape index (κ2) is 12.1. The first kappa shape index (κ1) is 19.0. The Morgan fingerprint density at radius 3 is 1.84 bits per heavy atom. The Kier molecular flexibility index (Phi) is 9.15. The molecule has 2 aromatic rings. The quantitative estimate of drug-likeness (QED) is 0.252. The van der Waals surface area contributed by atoms with Gasteiger partial charge in [0.2, 0.25) is 0 Å². The van der Waals surface area contributed by atoms with Crippen LogP contribution in [-0.4, -0.2) is 32.5 Å². The highest BCUT2D eigenvalue weighted by Gasteiger charge is 2.10. The summed E-state index contributed by atoms with van der Waals surface area (Å²) in [6, 6.07) is 19.9. The van der Waals surface area contributed by atoms with Crippen molar-refractivity contribution in [2.24, 2.45) is 5.11 Å². The van der Waals surface area contributed by atoms with Gasteiger partial charge in [0.05, 0.1) is 33.0 Å². The number of azide groups is 1. The van der Waals surface area contributed by atoms with Crippen molar-refractivity contribution in [3.63, 3.8) is 0 Å². The van der Waals surface area contributed by atoms with E-state index in [0.29, 0.717) is 39.6 Å². The summed E-state index contributed by atoms with van der Waals surface area (Å²) in [7, 11) is 0. The number of ether oxygens (including phenoxy) is 3. The summed E-state index contributed by atoms with van der Waals surface area (Å²) in [5.41, 5.74) is 10.5. The van der Waals surface area contributed by atoms with Crippen molar-refractivity contribution in [3.05, 3.63) is 82.2 Å². The van der Waals surface area contributed by atoms with E-state index in [0.717, 1.165) is 11.1 Å². The largest absolute Gasteiger partial charge is 0.374 e. The van der Waals surface area contributed by atoms with Crippen LogP contribution in [0.4, 0.5) is 0 Å². The predicted octanol–water partition coefficient (Wildman–Crippen LogP) is 4.12. The first-order valence-corrected chi connectivity index (χ1v) is 8.24. The standard InChI is InChI=1S/C19H23N3O3/c20-22-21-11-12-25-19(15-23-13-17-7-3-1-4-8-17)16-24-14-18-9-5-2-6-10-18/h1-10,19H,11-16H2. The number of nitrogens with zero attached hydrogens (tertiary/aromatic N) is 3. The number of rotatable bonds is 12. The molecule has 0 amide bonds.